The van der Waals surface area contributed by atoms with Crippen molar-refractivity contribution in [3.8, 4) is 0 Å². The van der Waals surface area contributed by atoms with Crippen molar-refractivity contribution in [3.05, 3.63) is 35.1 Å². The average molecular weight is 448 g/mol. The Balaban J connectivity index is 0.00000288. The third kappa shape index (κ3) is 6.55. The first kappa shape index (κ1) is 21.2. The van der Waals surface area contributed by atoms with E-state index in [2.05, 4.69) is 27.4 Å². The summed E-state index contributed by atoms with van der Waals surface area (Å²) in [6.45, 7) is 8.17. The monoisotopic (exact) mass is 448 g/mol. The van der Waals surface area contributed by atoms with Gasteiger partial charge in [-0.05, 0) is 49.9 Å². The molecule has 0 spiro atoms. The molecule has 0 amide bonds. The summed E-state index contributed by atoms with van der Waals surface area (Å²) in [5, 5.41) is 6.82. The van der Waals surface area contributed by atoms with Gasteiger partial charge in [0.15, 0.2) is 5.96 Å². The van der Waals surface area contributed by atoms with E-state index in [1.165, 1.54) is 19.0 Å². The van der Waals surface area contributed by atoms with Gasteiger partial charge in [0.1, 0.15) is 5.82 Å². The minimum Gasteiger partial charge on any atom is -0.354 e. The van der Waals surface area contributed by atoms with E-state index >= 15 is 0 Å². The van der Waals surface area contributed by atoms with Crippen molar-refractivity contribution < 1.29 is 4.39 Å². The molecule has 1 heterocycles. The highest BCUT2D eigenvalue weighted by molar-refractivity contribution is 14.0. The molecule has 136 valence electrons. The van der Waals surface area contributed by atoms with Gasteiger partial charge in [-0.2, -0.15) is 0 Å². The molecule has 2 N–H and O–H groups in total. The van der Waals surface area contributed by atoms with Gasteiger partial charge in [0, 0.05) is 32.7 Å². The lowest BCUT2D eigenvalue weighted by Gasteiger charge is -2.32. The van der Waals surface area contributed by atoms with Crippen LogP contribution >= 0.6 is 24.0 Å². The Morgan fingerprint density at radius 3 is 2.62 bits per heavy atom. The Morgan fingerprint density at radius 2 is 2.04 bits per heavy atom. The minimum absolute atomic E-state index is 0. The number of aliphatic imine (C=N–C) groups is 1. The Hall–Kier alpha value is -0.890. The van der Waals surface area contributed by atoms with Gasteiger partial charge in [-0.3, -0.25) is 4.99 Å². The number of rotatable bonds is 5. The van der Waals surface area contributed by atoms with Crippen LogP contribution in [-0.4, -0.2) is 43.6 Å². The van der Waals surface area contributed by atoms with Crippen LogP contribution < -0.4 is 10.6 Å². The van der Waals surface area contributed by atoms with Gasteiger partial charge < -0.3 is 15.5 Å². The zero-order chi connectivity index (χ0) is 16.7. The topological polar surface area (TPSA) is 39.7 Å². The van der Waals surface area contributed by atoms with Crippen molar-refractivity contribution in [1.82, 2.24) is 15.5 Å². The van der Waals surface area contributed by atoms with Crippen molar-refractivity contribution in [2.24, 2.45) is 4.99 Å². The van der Waals surface area contributed by atoms with Crippen LogP contribution in [0.2, 0.25) is 0 Å². The molecule has 1 saturated heterocycles. The van der Waals surface area contributed by atoms with Crippen LogP contribution in [0.25, 0.3) is 0 Å². The first-order valence-corrected chi connectivity index (χ1v) is 8.57. The molecule has 1 aliphatic rings. The number of hydrogen-bond acceptors (Lipinski definition) is 2. The zero-order valence-corrected chi connectivity index (χ0v) is 17.3. The minimum atomic E-state index is -0.157. The number of nitrogens with one attached hydrogen (secondary N) is 2. The molecule has 6 heteroatoms. The molecule has 0 radical (unpaired) electrons. The number of nitrogens with zero attached hydrogens (tertiary/aromatic N) is 2. The van der Waals surface area contributed by atoms with E-state index in [1.54, 1.807) is 14.0 Å². The van der Waals surface area contributed by atoms with Crippen molar-refractivity contribution >= 4 is 29.9 Å². The second-order valence-electron chi connectivity index (χ2n) is 6.27. The molecule has 0 aromatic heterocycles. The predicted octanol–water partition coefficient (Wildman–Crippen LogP) is 3.29. The summed E-state index contributed by atoms with van der Waals surface area (Å²) in [6, 6.07) is 5.68. The fourth-order valence-corrected chi connectivity index (χ4v) is 3.01. The molecular formula is C18H30FIN4. The van der Waals surface area contributed by atoms with Crippen molar-refractivity contribution in [1.29, 1.82) is 0 Å². The largest absolute Gasteiger partial charge is 0.354 e. The Bertz CT molecular complexity index is 528. The Morgan fingerprint density at radius 1 is 1.33 bits per heavy atom. The maximum Gasteiger partial charge on any atom is 0.191 e. The number of hydrogen-bond donors (Lipinski definition) is 2. The van der Waals surface area contributed by atoms with E-state index in [4.69, 9.17) is 0 Å². The van der Waals surface area contributed by atoms with Gasteiger partial charge >= 0.3 is 0 Å². The fraction of sp³-hybridized carbons (Fsp3) is 0.611. The molecule has 0 saturated carbocycles. The summed E-state index contributed by atoms with van der Waals surface area (Å²) in [4.78, 5) is 6.82. The number of guanidine groups is 1. The standard InChI is InChI=1S/C18H29FN4.HI/c1-4-9-23-10-7-16(8-11-23)22-18(20-3)21-13-15-5-6-17(19)14(2)12-15;/h5-6,12,16H,4,7-11,13H2,1-3H3,(H2,20,21,22);1H. The molecule has 0 aliphatic carbocycles. The van der Waals surface area contributed by atoms with E-state index in [9.17, 15) is 4.39 Å². The lowest BCUT2D eigenvalue weighted by atomic mass is 10.1. The number of halogens is 2. The average Bonchev–Trinajstić information content (AvgIpc) is 2.56. The first-order valence-electron chi connectivity index (χ1n) is 8.57. The van der Waals surface area contributed by atoms with Gasteiger partial charge in [-0.25, -0.2) is 4.39 Å². The Kier molecular flexibility index (Phi) is 9.58. The smallest absolute Gasteiger partial charge is 0.191 e. The second kappa shape index (κ2) is 10.9. The highest BCUT2D eigenvalue weighted by Crippen LogP contribution is 2.11. The molecule has 0 bridgehead atoms. The number of aryl methyl sites for hydroxylation is 1. The van der Waals surface area contributed by atoms with Gasteiger partial charge in [0.05, 0.1) is 0 Å². The van der Waals surface area contributed by atoms with E-state index in [-0.39, 0.29) is 29.8 Å². The summed E-state index contributed by atoms with van der Waals surface area (Å²) in [5.74, 6) is 0.663. The normalized spacial score (nSPS) is 16.6. The summed E-state index contributed by atoms with van der Waals surface area (Å²) < 4.78 is 13.3. The molecular weight excluding hydrogens is 418 g/mol. The molecule has 1 fully saturated rings. The van der Waals surface area contributed by atoms with Gasteiger partial charge in [-0.15, -0.1) is 24.0 Å². The van der Waals surface area contributed by atoms with Crippen LogP contribution in [0.3, 0.4) is 0 Å². The fourth-order valence-electron chi connectivity index (χ4n) is 3.01. The van der Waals surface area contributed by atoms with Crippen LogP contribution in [0.5, 0.6) is 0 Å². The quantitative estimate of drug-likeness (QED) is 0.413. The summed E-state index contributed by atoms with van der Waals surface area (Å²) in [7, 11) is 1.79. The number of likely N-dealkylation sites (tertiary alicyclic amines) is 1. The molecule has 1 aliphatic heterocycles. The number of benzene rings is 1. The highest BCUT2D eigenvalue weighted by atomic mass is 127. The SMILES string of the molecule is CCCN1CCC(NC(=NC)NCc2ccc(F)c(C)c2)CC1.I. The number of piperidine rings is 1. The highest BCUT2D eigenvalue weighted by Gasteiger charge is 2.19. The van der Waals surface area contributed by atoms with E-state index in [1.807, 2.05) is 12.1 Å². The van der Waals surface area contributed by atoms with Crippen LogP contribution in [0, 0.1) is 12.7 Å². The van der Waals surface area contributed by atoms with Crippen LogP contribution in [0.1, 0.15) is 37.3 Å². The summed E-state index contributed by atoms with van der Waals surface area (Å²) >= 11 is 0. The molecule has 24 heavy (non-hydrogen) atoms. The van der Waals surface area contributed by atoms with Crippen molar-refractivity contribution in [2.75, 3.05) is 26.7 Å². The third-order valence-corrected chi connectivity index (χ3v) is 4.37. The second-order valence-corrected chi connectivity index (χ2v) is 6.27. The molecule has 1 aromatic carbocycles. The molecule has 0 unspecified atom stereocenters. The van der Waals surface area contributed by atoms with E-state index in [0.717, 1.165) is 37.5 Å². The van der Waals surface area contributed by atoms with Gasteiger partial charge in [0.25, 0.3) is 0 Å². The summed E-state index contributed by atoms with van der Waals surface area (Å²) in [5.41, 5.74) is 1.74. The van der Waals surface area contributed by atoms with Gasteiger partial charge in [-0.1, -0.05) is 19.1 Å². The lowest BCUT2D eigenvalue weighted by Crippen LogP contribution is -2.48. The Labute approximate surface area is 162 Å². The molecule has 0 atom stereocenters. The lowest BCUT2D eigenvalue weighted by molar-refractivity contribution is 0.206. The predicted molar refractivity (Wildman–Crippen MR) is 110 cm³/mol. The summed E-state index contributed by atoms with van der Waals surface area (Å²) in [6.07, 6.45) is 3.52. The maximum atomic E-state index is 13.3. The van der Waals surface area contributed by atoms with E-state index < -0.39 is 0 Å². The van der Waals surface area contributed by atoms with E-state index in [0.29, 0.717) is 18.2 Å². The van der Waals surface area contributed by atoms with Crippen molar-refractivity contribution in [2.45, 2.75) is 45.7 Å². The first-order chi connectivity index (χ1) is 11.1. The van der Waals surface area contributed by atoms with Crippen molar-refractivity contribution in [3.63, 3.8) is 0 Å². The molecule has 4 nitrogen and oxygen atoms in total. The zero-order valence-electron chi connectivity index (χ0n) is 14.9. The van der Waals surface area contributed by atoms with Crippen LogP contribution in [-0.2, 0) is 6.54 Å². The van der Waals surface area contributed by atoms with Gasteiger partial charge in [0.2, 0.25) is 0 Å². The molecule has 2 rings (SSSR count). The van der Waals surface area contributed by atoms with Crippen LogP contribution in [0.15, 0.2) is 23.2 Å². The maximum absolute atomic E-state index is 13.3. The van der Waals surface area contributed by atoms with Crippen LogP contribution in [0.4, 0.5) is 4.39 Å². The third-order valence-electron chi connectivity index (χ3n) is 4.37. The molecule has 1 aromatic rings.